The fourth-order valence-electron chi connectivity index (χ4n) is 1.98. The van der Waals surface area contributed by atoms with E-state index in [0.717, 1.165) is 6.42 Å². The minimum Gasteiger partial charge on any atom is -0.475 e. The van der Waals surface area contributed by atoms with Crippen LogP contribution in [0.15, 0.2) is 49.5 Å². The average Bonchev–Trinajstić information content (AvgIpc) is 2.72. The molecule has 0 aromatic carbocycles. The fourth-order valence-corrected chi connectivity index (χ4v) is 1.98. The highest BCUT2D eigenvalue weighted by molar-refractivity contribution is 6.03. The summed E-state index contributed by atoms with van der Waals surface area (Å²) in [5.74, 6) is -2.45. The van der Waals surface area contributed by atoms with Crippen molar-refractivity contribution >= 4 is 11.8 Å². The highest BCUT2D eigenvalue weighted by Gasteiger charge is 2.38. The molecule has 0 saturated carbocycles. The molecule has 3 N–H and O–H groups in total. The van der Waals surface area contributed by atoms with Crippen LogP contribution in [-0.2, 0) is 9.59 Å². The van der Waals surface area contributed by atoms with E-state index in [1.807, 2.05) is 22.9 Å². The maximum atomic E-state index is 11.8. The molecule has 1 aliphatic heterocycles. The number of aliphatic carboxylic acids is 1. The lowest BCUT2D eigenvalue weighted by molar-refractivity contribution is -0.192. The quantitative estimate of drug-likeness (QED) is 0.563. The third-order valence-corrected chi connectivity index (χ3v) is 3.08. The van der Waals surface area contributed by atoms with Gasteiger partial charge in [-0.1, -0.05) is 18.7 Å². The van der Waals surface area contributed by atoms with E-state index >= 15 is 0 Å². The zero-order chi connectivity index (χ0) is 19.1. The van der Waals surface area contributed by atoms with Crippen molar-refractivity contribution in [3.8, 4) is 0 Å². The predicted molar refractivity (Wildman–Crippen MR) is 83.4 cm³/mol. The molecule has 1 aliphatic rings. The molecule has 0 aromatic rings. The number of rotatable bonds is 6. The van der Waals surface area contributed by atoms with Crippen LogP contribution in [0.4, 0.5) is 13.2 Å². The molecule has 0 amide bonds. The zero-order valence-electron chi connectivity index (χ0n) is 13.2. The molecule has 0 aromatic heterocycles. The summed E-state index contributed by atoms with van der Waals surface area (Å²) in [6.45, 7) is 11.5. The van der Waals surface area contributed by atoms with E-state index in [4.69, 9.17) is 15.6 Å². The normalized spacial score (nSPS) is 17.1. The van der Waals surface area contributed by atoms with Gasteiger partial charge in [0.15, 0.2) is 0 Å². The van der Waals surface area contributed by atoms with Gasteiger partial charge in [-0.15, -0.1) is 13.2 Å². The van der Waals surface area contributed by atoms with Gasteiger partial charge in [0.25, 0.3) is 0 Å². The molecule has 1 unspecified atom stereocenters. The fraction of sp³-hybridized carbons (Fsp3) is 0.333. The lowest BCUT2D eigenvalue weighted by atomic mass is 10.2. The molecule has 6 nitrogen and oxygen atoms in total. The van der Waals surface area contributed by atoms with Crippen molar-refractivity contribution in [2.75, 3.05) is 13.6 Å². The predicted octanol–water partition coefficient (Wildman–Crippen LogP) is 1.84. The number of allylic oxidation sites excluding steroid dienone is 1. The Bertz CT molecular complexity index is 556. The summed E-state index contributed by atoms with van der Waals surface area (Å²) in [7, 11) is 1.86. The van der Waals surface area contributed by atoms with Gasteiger partial charge >= 0.3 is 12.1 Å². The first-order valence-electron chi connectivity index (χ1n) is 6.70. The monoisotopic (exact) mass is 347 g/mol. The lowest BCUT2D eigenvalue weighted by Gasteiger charge is -2.30. The first kappa shape index (κ1) is 21.3. The van der Waals surface area contributed by atoms with Crippen LogP contribution >= 0.6 is 0 Å². The van der Waals surface area contributed by atoms with Gasteiger partial charge in [-0.05, 0) is 6.08 Å². The smallest absolute Gasteiger partial charge is 0.475 e. The van der Waals surface area contributed by atoms with Crippen molar-refractivity contribution in [2.24, 2.45) is 5.73 Å². The summed E-state index contributed by atoms with van der Waals surface area (Å²) in [5.41, 5.74) is 6.46. The van der Waals surface area contributed by atoms with Crippen molar-refractivity contribution < 1.29 is 27.9 Å². The van der Waals surface area contributed by atoms with Gasteiger partial charge < -0.3 is 20.6 Å². The summed E-state index contributed by atoms with van der Waals surface area (Å²) in [6.07, 6.45) is 0.496. The third kappa shape index (κ3) is 5.18. The van der Waals surface area contributed by atoms with E-state index in [1.165, 1.54) is 6.08 Å². The molecule has 0 radical (unpaired) electrons. The molecule has 9 heteroatoms. The first-order chi connectivity index (χ1) is 11.0. The van der Waals surface area contributed by atoms with Crippen LogP contribution < -0.4 is 5.73 Å². The summed E-state index contributed by atoms with van der Waals surface area (Å²) < 4.78 is 31.7. The molecular weight excluding hydrogens is 327 g/mol. The molecule has 1 heterocycles. The summed E-state index contributed by atoms with van der Waals surface area (Å²) in [4.78, 5) is 24.5. The number of carboxylic acids is 1. The molecule has 0 bridgehead atoms. The van der Waals surface area contributed by atoms with Gasteiger partial charge in [0, 0.05) is 20.0 Å². The van der Waals surface area contributed by atoms with Crippen LogP contribution in [0.1, 0.15) is 6.42 Å². The Morgan fingerprint density at radius 3 is 2.12 bits per heavy atom. The molecular formula is C15H20F3N3O3. The van der Waals surface area contributed by atoms with Crippen LogP contribution in [0.3, 0.4) is 0 Å². The third-order valence-electron chi connectivity index (χ3n) is 3.08. The second kappa shape index (κ2) is 8.80. The molecule has 1 rings (SSSR count). The average molecular weight is 347 g/mol. The van der Waals surface area contributed by atoms with Crippen LogP contribution in [0, 0.1) is 0 Å². The van der Waals surface area contributed by atoms with E-state index in [-0.39, 0.29) is 11.9 Å². The standard InChI is InChI=1S/C13H19N3O.C2HF3O2/c1-5-8-11-15(4)13(14)12(10(17)7-3)16(11)9-6-2;3-2(4,5)1(6)7/h5-7,11H,1-3,8-9,14H2,4H3;(H,6,7). The van der Waals surface area contributed by atoms with Crippen molar-refractivity contribution in [3.05, 3.63) is 49.5 Å². The van der Waals surface area contributed by atoms with E-state index in [0.29, 0.717) is 18.1 Å². The largest absolute Gasteiger partial charge is 0.490 e. The minimum absolute atomic E-state index is 0.0180. The van der Waals surface area contributed by atoms with Crippen molar-refractivity contribution in [3.63, 3.8) is 0 Å². The Labute approximate surface area is 138 Å². The van der Waals surface area contributed by atoms with Gasteiger partial charge in [-0.3, -0.25) is 4.79 Å². The van der Waals surface area contributed by atoms with E-state index in [2.05, 4.69) is 19.7 Å². The highest BCUT2D eigenvalue weighted by atomic mass is 19.4. The number of nitrogens with two attached hydrogens (primary N) is 1. The first-order valence-corrected chi connectivity index (χ1v) is 6.70. The highest BCUT2D eigenvalue weighted by Crippen LogP contribution is 2.28. The Morgan fingerprint density at radius 2 is 1.79 bits per heavy atom. The number of carbonyl (C=O) groups is 2. The van der Waals surface area contributed by atoms with Crippen LogP contribution in [0.25, 0.3) is 0 Å². The maximum absolute atomic E-state index is 11.8. The maximum Gasteiger partial charge on any atom is 0.490 e. The molecule has 0 spiro atoms. The second-order valence-electron chi connectivity index (χ2n) is 4.66. The Hall–Kier alpha value is -2.71. The SMILES string of the molecule is C=CCC1N(C)C(N)=C(C(=O)C=C)N1CC=C.O=C(O)C(F)(F)F. The molecule has 0 fully saturated rings. The van der Waals surface area contributed by atoms with Gasteiger partial charge in [0.2, 0.25) is 5.78 Å². The molecule has 1 atom stereocenters. The number of halogens is 3. The number of carboxylic acid groups (broad SMARTS) is 1. The number of hydrogen-bond acceptors (Lipinski definition) is 5. The molecule has 0 saturated heterocycles. The Balaban J connectivity index is 0.000000640. The van der Waals surface area contributed by atoms with E-state index < -0.39 is 12.1 Å². The van der Waals surface area contributed by atoms with Gasteiger partial charge in [0.05, 0.1) is 0 Å². The number of hydrogen-bond donors (Lipinski definition) is 2. The van der Waals surface area contributed by atoms with Gasteiger partial charge in [-0.2, -0.15) is 13.2 Å². The van der Waals surface area contributed by atoms with Gasteiger partial charge in [0.1, 0.15) is 17.7 Å². The minimum atomic E-state index is -5.08. The Morgan fingerprint density at radius 1 is 1.29 bits per heavy atom. The number of nitrogens with zero attached hydrogens (tertiary/aromatic N) is 2. The molecule has 24 heavy (non-hydrogen) atoms. The second-order valence-corrected chi connectivity index (χ2v) is 4.66. The van der Waals surface area contributed by atoms with Crippen LogP contribution in [-0.4, -0.2) is 52.6 Å². The zero-order valence-corrected chi connectivity index (χ0v) is 13.2. The Kier molecular flexibility index (Phi) is 7.81. The molecule has 134 valence electrons. The number of ketones is 1. The number of carbonyl (C=O) groups excluding carboxylic acids is 1. The summed E-state index contributed by atoms with van der Waals surface area (Å²) in [6, 6.07) is 0. The van der Waals surface area contributed by atoms with Crippen molar-refractivity contribution in [2.45, 2.75) is 18.8 Å². The summed E-state index contributed by atoms with van der Waals surface area (Å²) >= 11 is 0. The molecule has 0 aliphatic carbocycles. The van der Waals surface area contributed by atoms with E-state index in [9.17, 15) is 18.0 Å². The van der Waals surface area contributed by atoms with Crippen LogP contribution in [0.2, 0.25) is 0 Å². The van der Waals surface area contributed by atoms with Crippen molar-refractivity contribution in [1.29, 1.82) is 0 Å². The topological polar surface area (TPSA) is 86.9 Å². The van der Waals surface area contributed by atoms with E-state index in [1.54, 1.807) is 6.08 Å². The lowest BCUT2D eigenvalue weighted by Crippen LogP contribution is -2.39. The van der Waals surface area contributed by atoms with Crippen LogP contribution in [0.5, 0.6) is 0 Å². The number of alkyl halides is 3. The van der Waals surface area contributed by atoms with Gasteiger partial charge in [-0.25, -0.2) is 4.79 Å². The van der Waals surface area contributed by atoms with Crippen molar-refractivity contribution in [1.82, 2.24) is 9.80 Å². The summed E-state index contributed by atoms with van der Waals surface area (Å²) in [5, 5.41) is 7.12.